The second-order valence-corrected chi connectivity index (χ2v) is 6.49. The van der Waals surface area contributed by atoms with Crippen molar-refractivity contribution in [2.75, 3.05) is 25.2 Å². The Morgan fingerprint density at radius 1 is 1.19 bits per heavy atom. The van der Waals surface area contributed by atoms with E-state index in [1.807, 2.05) is 11.8 Å². The van der Waals surface area contributed by atoms with E-state index < -0.39 is 0 Å². The van der Waals surface area contributed by atoms with Crippen molar-refractivity contribution in [2.24, 2.45) is 11.8 Å². The summed E-state index contributed by atoms with van der Waals surface area (Å²) < 4.78 is 0. The van der Waals surface area contributed by atoms with Gasteiger partial charge >= 0.3 is 0 Å². The molecule has 0 aromatic heterocycles. The summed E-state index contributed by atoms with van der Waals surface area (Å²) in [5, 5.41) is 0. The van der Waals surface area contributed by atoms with Gasteiger partial charge in [0.15, 0.2) is 0 Å². The number of hydrogen-bond donors (Lipinski definition) is 0. The van der Waals surface area contributed by atoms with Crippen LogP contribution in [0.5, 0.6) is 0 Å². The minimum absolute atomic E-state index is 0.892. The number of unbranched alkanes of at least 4 members (excludes halogenated alkanes) is 1. The molecule has 1 nitrogen and oxygen atoms in total. The topological polar surface area (TPSA) is 3.24 Å². The van der Waals surface area contributed by atoms with E-state index >= 15 is 0 Å². The van der Waals surface area contributed by atoms with E-state index in [9.17, 15) is 0 Å². The molecule has 0 aromatic rings. The number of thioether (sulfide) groups is 1. The van der Waals surface area contributed by atoms with Crippen molar-refractivity contribution in [2.45, 2.75) is 52.4 Å². The zero-order chi connectivity index (χ0) is 11.8. The van der Waals surface area contributed by atoms with E-state index in [2.05, 4.69) is 25.0 Å². The van der Waals surface area contributed by atoms with Gasteiger partial charge < -0.3 is 0 Å². The van der Waals surface area contributed by atoms with E-state index in [4.69, 9.17) is 0 Å². The van der Waals surface area contributed by atoms with Crippen LogP contribution in [0, 0.1) is 11.8 Å². The zero-order valence-corrected chi connectivity index (χ0v) is 12.2. The first-order valence-electron chi connectivity index (χ1n) is 6.93. The molecule has 1 aliphatic rings. The van der Waals surface area contributed by atoms with E-state index in [0.29, 0.717) is 0 Å². The van der Waals surface area contributed by atoms with Crippen LogP contribution in [-0.4, -0.2) is 30.1 Å². The third-order valence-corrected chi connectivity index (χ3v) is 4.29. The molecule has 2 heteroatoms. The molecule has 1 fully saturated rings. The van der Waals surface area contributed by atoms with Gasteiger partial charge in [0.25, 0.3) is 0 Å². The number of piperidine rings is 1. The first kappa shape index (κ1) is 14.4. The molecular weight excluding hydrogens is 214 g/mol. The van der Waals surface area contributed by atoms with Crippen LogP contribution in [0.4, 0.5) is 0 Å². The monoisotopic (exact) mass is 243 g/mol. The van der Waals surface area contributed by atoms with E-state index in [1.165, 1.54) is 57.5 Å². The van der Waals surface area contributed by atoms with Crippen LogP contribution in [0.15, 0.2) is 0 Å². The van der Waals surface area contributed by atoms with Gasteiger partial charge in [-0.1, -0.05) is 39.5 Å². The summed E-state index contributed by atoms with van der Waals surface area (Å²) in [4.78, 5) is 2.61. The fourth-order valence-electron chi connectivity index (χ4n) is 2.57. The highest BCUT2D eigenvalue weighted by molar-refractivity contribution is 7.98. The van der Waals surface area contributed by atoms with Crippen molar-refractivity contribution >= 4 is 11.8 Å². The second kappa shape index (κ2) is 8.41. The third kappa shape index (κ3) is 6.15. The van der Waals surface area contributed by atoms with Crippen LogP contribution >= 0.6 is 11.8 Å². The number of nitrogens with zero attached hydrogens (tertiary/aromatic N) is 1. The van der Waals surface area contributed by atoms with Crippen LogP contribution < -0.4 is 0 Å². The molecule has 0 atom stereocenters. The molecule has 0 unspecified atom stereocenters. The molecule has 0 radical (unpaired) electrons. The zero-order valence-electron chi connectivity index (χ0n) is 11.4. The predicted molar refractivity (Wildman–Crippen MR) is 76.0 cm³/mol. The molecule has 1 heterocycles. The molecular formula is C14H29NS. The molecule has 0 N–H and O–H groups in total. The highest BCUT2D eigenvalue weighted by Gasteiger charge is 2.17. The average molecular weight is 243 g/mol. The van der Waals surface area contributed by atoms with Crippen molar-refractivity contribution in [3.05, 3.63) is 0 Å². The summed E-state index contributed by atoms with van der Waals surface area (Å²) in [5.74, 6) is 3.16. The van der Waals surface area contributed by atoms with E-state index in [0.717, 1.165) is 11.8 Å². The largest absolute Gasteiger partial charge is 0.294 e. The maximum absolute atomic E-state index is 2.61. The van der Waals surface area contributed by atoms with Crippen LogP contribution in [-0.2, 0) is 0 Å². The molecule has 0 aromatic carbocycles. The molecule has 16 heavy (non-hydrogen) atoms. The molecule has 0 saturated carbocycles. The lowest BCUT2D eigenvalue weighted by atomic mass is 9.91. The van der Waals surface area contributed by atoms with Gasteiger partial charge in [-0.25, -0.2) is 0 Å². The number of rotatable bonds is 7. The SMILES string of the molecule is CSCN1CCC(CCCCC(C)C)CC1. The van der Waals surface area contributed by atoms with Gasteiger partial charge in [-0.3, -0.25) is 4.90 Å². The lowest BCUT2D eigenvalue weighted by molar-refractivity contribution is 0.202. The summed E-state index contributed by atoms with van der Waals surface area (Å²) in [6, 6.07) is 0. The van der Waals surface area contributed by atoms with Crippen LogP contribution in [0.2, 0.25) is 0 Å². The first-order chi connectivity index (χ1) is 7.72. The van der Waals surface area contributed by atoms with Crippen LogP contribution in [0.25, 0.3) is 0 Å². The van der Waals surface area contributed by atoms with Gasteiger partial charge in [0.05, 0.1) is 0 Å². The Labute approximate surface area is 106 Å². The molecule has 1 saturated heterocycles. The molecule has 0 aliphatic carbocycles. The average Bonchev–Trinajstić information content (AvgIpc) is 2.27. The maximum Gasteiger partial charge on any atom is 0.0441 e. The smallest absolute Gasteiger partial charge is 0.0441 e. The standard InChI is InChI=1S/C14H29NS/c1-13(2)6-4-5-7-14-8-10-15(11-9-14)12-16-3/h13-14H,4-12H2,1-3H3. The van der Waals surface area contributed by atoms with Gasteiger partial charge in [-0.05, 0) is 44.0 Å². The number of hydrogen-bond acceptors (Lipinski definition) is 2. The van der Waals surface area contributed by atoms with Gasteiger partial charge in [0, 0.05) is 5.88 Å². The summed E-state index contributed by atoms with van der Waals surface area (Å²) in [5.41, 5.74) is 0. The molecule has 0 amide bonds. The van der Waals surface area contributed by atoms with Gasteiger partial charge in [-0.15, -0.1) is 11.8 Å². The quantitative estimate of drug-likeness (QED) is 0.615. The van der Waals surface area contributed by atoms with Crippen molar-refractivity contribution in [1.82, 2.24) is 4.90 Å². The third-order valence-electron chi connectivity index (χ3n) is 3.66. The minimum Gasteiger partial charge on any atom is -0.294 e. The summed E-state index contributed by atoms with van der Waals surface area (Å²) in [6.45, 7) is 7.35. The number of likely N-dealkylation sites (tertiary alicyclic amines) is 1. The summed E-state index contributed by atoms with van der Waals surface area (Å²) >= 11 is 1.96. The van der Waals surface area contributed by atoms with Crippen molar-refractivity contribution < 1.29 is 0 Å². The Morgan fingerprint density at radius 3 is 2.44 bits per heavy atom. The van der Waals surface area contributed by atoms with E-state index in [1.54, 1.807) is 0 Å². The highest BCUT2D eigenvalue weighted by Crippen LogP contribution is 2.24. The van der Waals surface area contributed by atoms with Crippen molar-refractivity contribution in [1.29, 1.82) is 0 Å². The summed E-state index contributed by atoms with van der Waals surface area (Å²) in [7, 11) is 0. The molecule has 1 rings (SSSR count). The lowest BCUT2D eigenvalue weighted by Crippen LogP contribution is -2.33. The molecule has 0 spiro atoms. The van der Waals surface area contributed by atoms with Crippen LogP contribution in [0.1, 0.15) is 52.4 Å². The molecule has 1 aliphatic heterocycles. The molecule has 0 bridgehead atoms. The summed E-state index contributed by atoms with van der Waals surface area (Å²) in [6.07, 6.45) is 10.9. The van der Waals surface area contributed by atoms with Crippen LogP contribution in [0.3, 0.4) is 0 Å². The van der Waals surface area contributed by atoms with Gasteiger partial charge in [0.2, 0.25) is 0 Å². The highest BCUT2D eigenvalue weighted by atomic mass is 32.2. The van der Waals surface area contributed by atoms with Crippen molar-refractivity contribution in [3.63, 3.8) is 0 Å². The second-order valence-electron chi connectivity index (χ2n) is 5.66. The van der Waals surface area contributed by atoms with Crippen molar-refractivity contribution in [3.8, 4) is 0 Å². The normalized spacial score (nSPS) is 19.5. The Hall–Kier alpha value is 0.310. The predicted octanol–water partition coefficient (Wildman–Crippen LogP) is 4.24. The Bertz CT molecular complexity index is 162. The fourth-order valence-corrected chi connectivity index (χ4v) is 3.20. The Morgan fingerprint density at radius 2 is 1.88 bits per heavy atom. The Balaban J connectivity index is 1.99. The minimum atomic E-state index is 0.892. The molecule has 96 valence electrons. The first-order valence-corrected chi connectivity index (χ1v) is 8.33. The lowest BCUT2D eigenvalue weighted by Gasteiger charge is -2.31. The van der Waals surface area contributed by atoms with E-state index in [-0.39, 0.29) is 0 Å². The Kier molecular flexibility index (Phi) is 7.55. The van der Waals surface area contributed by atoms with Gasteiger partial charge in [0.1, 0.15) is 0 Å². The van der Waals surface area contributed by atoms with Gasteiger partial charge in [-0.2, -0.15) is 0 Å². The maximum atomic E-state index is 2.61. The fraction of sp³-hybridized carbons (Fsp3) is 1.00.